The van der Waals surface area contributed by atoms with Crippen molar-refractivity contribution in [2.24, 2.45) is 17.4 Å². The summed E-state index contributed by atoms with van der Waals surface area (Å²) in [7, 11) is 0. The molecule has 0 bridgehead atoms. The van der Waals surface area contributed by atoms with Gasteiger partial charge in [-0.15, -0.1) is 13.2 Å². The molecule has 0 radical (unpaired) electrons. The second-order valence-corrected chi connectivity index (χ2v) is 3.04. The van der Waals surface area contributed by atoms with Crippen LogP contribution in [0.15, 0.2) is 25.3 Å². The van der Waals surface area contributed by atoms with Gasteiger partial charge in [0.2, 0.25) is 0 Å². The molecule has 2 heteroatoms. The van der Waals surface area contributed by atoms with Crippen molar-refractivity contribution in [1.82, 2.24) is 0 Å². The molecular weight excluding hydrogens is 160 g/mol. The fourth-order valence-electron chi connectivity index (χ4n) is 0.720. The van der Waals surface area contributed by atoms with Crippen LogP contribution in [0.25, 0.3) is 0 Å². The quantitative estimate of drug-likeness (QED) is 0.499. The fraction of sp³-hybridized carbons (Fsp3) is 0.455. The molecule has 0 saturated heterocycles. The summed E-state index contributed by atoms with van der Waals surface area (Å²) in [6.07, 6.45) is 4.24. The average molecular weight is 178 g/mol. The molecule has 0 aromatic carbocycles. The molecule has 0 amide bonds. The Morgan fingerprint density at radius 1 is 1.31 bits per heavy atom. The third-order valence-corrected chi connectivity index (χ3v) is 1.79. The van der Waals surface area contributed by atoms with E-state index >= 15 is 0 Å². The Kier molecular flexibility index (Phi) is 5.96. The number of hydrogen-bond donors (Lipinski definition) is 2. The lowest BCUT2D eigenvalue weighted by Crippen LogP contribution is -2.26. The molecule has 0 aliphatic heterocycles. The van der Waals surface area contributed by atoms with E-state index < -0.39 is 0 Å². The summed E-state index contributed by atoms with van der Waals surface area (Å²) in [6.45, 7) is 9.21. The maximum Gasteiger partial charge on any atom is 0.0725 e. The molecule has 0 rings (SSSR count). The summed E-state index contributed by atoms with van der Waals surface area (Å²) >= 11 is 0. The predicted molar refractivity (Wildman–Crippen MR) is 57.9 cm³/mol. The molecule has 0 aliphatic rings. The molecule has 0 heterocycles. The minimum atomic E-state index is -0.173. The normalized spacial score (nSPS) is 16.2. The van der Waals surface area contributed by atoms with Crippen LogP contribution in [0.5, 0.6) is 0 Å². The third-order valence-electron chi connectivity index (χ3n) is 1.79. The zero-order chi connectivity index (χ0) is 10.3. The maximum absolute atomic E-state index is 5.75. The van der Waals surface area contributed by atoms with E-state index in [2.05, 4.69) is 25.0 Å². The van der Waals surface area contributed by atoms with Gasteiger partial charge in [0.25, 0.3) is 0 Å². The van der Waals surface area contributed by atoms with Gasteiger partial charge < -0.3 is 11.5 Å². The molecule has 0 aromatic heterocycles. The summed E-state index contributed by atoms with van der Waals surface area (Å²) < 4.78 is 0. The SMILES string of the molecule is C=CCC(N)C#CC(N)C(C)C=C. The third kappa shape index (κ3) is 5.24. The van der Waals surface area contributed by atoms with Crippen LogP contribution in [0, 0.1) is 17.8 Å². The maximum atomic E-state index is 5.75. The molecule has 13 heavy (non-hydrogen) atoms. The molecule has 3 atom stereocenters. The van der Waals surface area contributed by atoms with E-state index in [1.54, 1.807) is 12.2 Å². The van der Waals surface area contributed by atoms with Crippen molar-refractivity contribution in [3.63, 3.8) is 0 Å². The van der Waals surface area contributed by atoms with Crippen molar-refractivity contribution >= 4 is 0 Å². The second kappa shape index (κ2) is 6.47. The van der Waals surface area contributed by atoms with Crippen LogP contribution >= 0.6 is 0 Å². The molecule has 4 N–H and O–H groups in total. The Hall–Kier alpha value is -1.04. The van der Waals surface area contributed by atoms with Crippen LogP contribution in [-0.2, 0) is 0 Å². The highest BCUT2D eigenvalue weighted by atomic mass is 14.6. The van der Waals surface area contributed by atoms with Crippen molar-refractivity contribution in [3.05, 3.63) is 25.3 Å². The average Bonchev–Trinajstić information content (AvgIpc) is 2.13. The molecule has 0 saturated carbocycles. The lowest BCUT2D eigenvalue weighted by Gasteiger charge is -2.08. The summed E-state index contributed by atoms with van der Waals surface area (Å²) in [5.41, 5.74) is 11.4. The van der Waals surface area contributed by atoms with E-state index in [9.17, 15) is 0 Å². The van der Waals surface area contributed by atoms with E-state index in [0.717, 1.165) is 0 Å². The smallest absolute Gasteiger partial charge is 0.0725 e. The minimum Gasteiger partial charge on any atom is -0.317 e. The molecule has 0 spiro atoms. The van der Waals surface area contributed by atoms with E-state index in [4.69, 9.17) is 11.5 Å². The predicted octanol–water partition coefficient (Wildman–Crippen LogP) is 1.04. The first-order chi connectivity index (χ1) is 6.11. The van der Waals surface area contributed by atoms with Gasteiger partial charge in [-0.1, -0.05) is 30.9 Å². The van der Waals surface area contributed by atoms with E-state index in [0.29, 0.717) is 6.42 Å². The second-order valence-electron chi connectivity index (χ2n) is 3.04. The largest absolute Gasteiger partial charge is 0.317 e. The van der Waals surface area contributed by atoms with Gasteiger partial charge in [0.1, 0.15) is 0 Å². The van der Waals surface area contributed by atoms with Gasteiger partial charge in [0.15, 0.2) is 0 Å². The van der Waals surface area contributed by atoms with Crippen LogP contribution in [0.3, 0.4) is 0 Å². The van der Waals surface area contributed by atoms with Gasteiger partial charge >= 0.3 is 0 Å². The van der Waals surface area contributed by atoms with Gasteiger partial charge in [-0.25, -0.2) is 0 Å². The Labute approximate surface area is 80.7 Å². The summed E-state index contributed by atoms with van der Waals surface area (Å²) in [4.78, 5) is 0. The van der Waals surface area contributed by atoms with E-state index in [-0.39, 0.29) is 18.0 Å². The van der Waals surface area contributed by atoms with E-state index in [1.165, 1.54) is 0 Å². The van der Waals surface area contributed by atoms with E-state index in [1.807, 2.05) is 6.92 Å². The van der Waals surface area contributed by atoms with Crippen LogP contribution in [0.2, 0.25) is 0 Å². The monoisotopic (exact) mass is 178 g/mol. The van der Waals surface area contributed by atoms with Gasteiger partial charge in [-0.05, 0) is 6.42 Å². The van der Waals surface area contributed by atoms with Crippen LogP contribution < -0.4 is 11.5 Å². The molecular formula is C11H18N2. The number of rotatable bonds is 4. The Bertz CT molecular complexity index is 222. The molecule has 0 fully saturated rings. The van der Waals surface area contributed by atoms with Crippen molar-refractivity contribution in [1.29, 1.82) is 0 Å². The van der Waals surface area contributed by atoms with Gasteiger partial charge in [-0.2, -0.15) is 0 Å². The first kappa shape index (κ1) is 12.0. The topological polar surface area (TPSA) is 52.0 Å². The number of hydrogen-bond acceptors (Lipinski definition) is 2. The Balaban J connectivity index is 4.07. The minimum absolute atomic E-state index is 0.152. The Morgan fingerprint density at radius 2 is 1.92 bits per heavy atom. The first-order valence-corrected chi connectivity index (χ1v) is 4.37. The van der Waals surface area contributed by atoms with Crippen LogP contribution in [0.4, 0.5) is 0 Å². The van der Waals surface area contributed by atoms with Gasteiger partial charge in [0, 0.05) is 5.92 Å². The summed E-state index contributed by atoms with van der Waals surface area (Å²) in [5, 5.41) is 0. The van der Waals surface area contributed by atoms with Crippen molar-refractivity contribution < 1.29 is 0 Å². The zero-order valence-electron chi connectivity index (χ0n) is 8.16. The zero-order valence-corrected chi connectivity index (χ0v) is 8.16. The lowest BCUT2D eigenvalue weighted by atomic mass is 10.0. The van der Waals surface area contributed by atoms with Crippen molar-refractivity contribution in [3.8, 4) is 11.8 Å². The molecule has 0 aromatic rings. The summed E-state index contributed by atoms with van der Waals surface area (Å²) in [6, 6.07) is -0.325. The molecule has 2 nitrogen and oxygen atoms in total. The highest BCUT2D eigenvalue weighted by Crippen LogP contribution is 1.99. The highest BCUT2D eigenvalue weighted by Gasteiger charge is 2.04. The standard InChI is InChI=1S/C11H18N2/c1-4-6-10(12)7-8-11(13)9(3)5-2/h4-5,9-11H,1-2,6,12-13H2,3H3. The van der Waals surface area contributed by atoms with Crippen molar-refractivity contribution in [2.45, 2.75) is 25.4 Å². The van der Waals surface area contributed by atoms with Crippen molar-refractivity contribution in [2.75, 3.05) is 0 Å². The first-order valence-electron chi connectivity index (χ1n) is 4.37. The lowest BCUT2D eigenvalue weighted by molar-refractivity contribution is 0.647. The fourth-order valence-corrected chi connectivity index (χ4v) is 0.720. The highest BCUT2D eigenvalue weighted by molar-refractivity contribution is 5.15. The number of nitrogens with two attached hydrogens (primary N) is 2. The van der Waals surface area contributed by atoms with Crippen LogP contribution in [-0.4, -0.2) is 12.1 Å². The molecule has 72 valence electrons. The van der Waals surface area contributed by atoms with Gasteiger partial charge in [0.05, 0.1) is 12.1 Å². The van der Waals surface area contributed by atoms with Gasteiger partial charge in [-0.3, -0.25) is 0 Å². The molecule has 3 unspecified atom stereocenters. The summed E-state index contributed by atoms with van der Waals surface area (Å²) in [5.74, 6) is 5.98. The Morgan fingerprint density at radius 3 is 2.38 bits per heavy atom. The van der Waals surface area contributed by atoms with Crippen LogP contribution in [0.1, 0.15) is 13.3 Å². The molecule has 0 aliphatic carbocycles.